The third-order valence-corrected chi connectivity index (χ3v) is 7.41. The van der Waals surface area contributed by atoms with Crippen molar-refractivity contribution in [3.8, 4) is 11.1 Å². The van der Waals surface area contributed by atoms with Gasteiger partial charge in [0.25, 0.3) is 0 Å². The summed E-state index contributed by atoms with van der Waals surface area (Å²) in [5.41, 5.74) is 3.15. The molecule has 2 aromatic carbocycles. The van der Waals surface area contributed by atoms with Gasteiger partial charge in [-0.25, -0.2) is 13.1 Å². The van der Waals surface area contributed by atoms with Crippen molar-refractivity contribution in [1.29, 1.82) is 0 Å². The SMILES string of the molecule is CNS(=O)(=O)c1ccc(-c2ccc3c(c2)N(C(=O)CC2CC2)C[C@H](C)N3C(C)=O)cc1. The maximum Gasteiger partial charge on any atom is 0.240 e. The number of fused-ring (bicyclic) bond motifs is 1. The first-order valence-corrected chi connectivity index (χ1v) is 12.0. The van der Waals surface area contributed by atoms with Gasteiger partial charge in [-0.2, -0.15) is 0 Å². The van der Waals surface area contributed by atoms with Gasteiger partial charge in [0.1, 0.15) is 0 Å². The van der Waals surface area contributed by atoms with Gasteiger partial charge in [-0.1, -0.05) is 18.2 Å². The van der Waals surface area contributed by atoms with Crippen LogP contribution in [0.4, 0.5) is 11.4 Å². The second-order valence-electron chi connectivity index (χ2n) is 8.33. The molecule has 8 heteroatoms. The molecule has 0 saturated heterocycles. The van der Waals surface area contributed by atoms with Gasteiger partial charge in [0.15, 0.2) is 0 Å². The molecule has 1 aliphatic heterocycles. The zero-order valence-electron chi connectivity index (χ0n) is 18.0. The number of rotatable bonds is 5. The summed E-state index contributed by atoms with van der Waals surface area (Å²) in [4.78, 5) is 29.1. The van der Waals surface area contributed by atoms with Crippen LogP contribution in [0.25, 0.3) is 11.1 Å². The Balaban J connectivity index is 1.74. The molecule has 1 aliphatic carbocycles. The Kier molecular flexibility index (Phi) is 5.61. The predicted octanol–water partition coefficient (Wildman–Crippen LogP) is 3.15. The highest BCUT2D eigenvalue weighted by atomic mass is 32.2. The molecule has 4 rings (SSSR count). The number of carbonyl (C=O) groups is 2. The third-order valence-electron chi connectivity index (χ3n) is 5.98. The Morgan fingerprint density at radius 1 is 1.03 bits per heavy atom. The molecule has 0 aromatic heterocycles. The summed E-state index contributed by atoms with van der Waals surface area (Å²) in [5, 5.41) is 0. The zero-order valence-corrected chi connectivity index (χ0v) is 18.8. The Morgan fingerprint density at radius 2 is 1.68 bits per heavy atom. The maximum absolute atomic E-state index is 13.0. The smallest absolute Gasteiger partial charge is 0.240 e. The van der Waals surface area contributed by atoms with E-state index in [1.54, 1.807) is 34.1 Å². The van der Waals surface area contributed by atoms with Gasteiger partial charge in [-0.3, -0.25) is 9.59 Å². The van der Waals surface area contributed by atoms with Crippen LogP contribution in [0.15, 0.2) is 47.4 Å². The molecule has 7 nitrogen and oxygen atoms in total. The molecule has 1 fully saturated rings. The standard InChI is InChI=1S/C23H27N3O4S/c1-15-14-25(23(28)12-17-4-5-17)22-13-19(8-11-21(22)26(15)16(2)27)18-6-9-20(10-7-18)31(29,30)24-3/h6-11,13,15,17,24H,4-5,12,14H2,1-3H3/t15-/m0/s1. The summed E-state index contributed by atoms with van der Waals surface area (Å²) in [5.74, 6) is 0.505. The number of hydrogen-bond donors (Lipinski definition) is 1. The topological polar surface area (TPSA) is 86.8 Å². The van der Waals surface area contributed by atoms with Crippen LogP contribution in [0.2, 0.25) is 0 Å². The number of nitrogens with zero attached hydrogens (tertiary/aromatic N) is 2. The average molecular weight is 442 g/mol. The Bertz CT molecular complexity index is 1120. The van der Waals surface area contributed by atoms with E-state index in [4.69, 9.17) is 0 Å². The fraction of sp³-hybridized carbons (Fsp3) is 0.391. The molecule has 1 N–H and O–H groups in total. The second-order valence-corrected chi connectivity index (χ2v) is 10.2. The van der Waals surface area contributed by atoms with Gasteiger partial charge >= 0.3 is 0 Å². The molecule has 1 atom stereocenters. The lowest BCUT2D eigenvalue weighted by Gasteiger charge is -2.41. The summed E-state index contributed by atoms with van der Waals surface area (Å²) in [7, 11) is -2.13. The summed E-state index contributed by atoms with van der Waals surface area (Å²) in [6, 6.07) is 12.2. The Morgan fingerprint density at radius 3 is 2.26 bits per heavy atom. The van der Waals surface area contributed by atoms with E-state index in [0.717, 1.165) is 35.3 Å². The first kappa shape index (κ1) is 21.5. The fourth-order valence-electron chi connectivity index (χ4n) is 4.14. The number of hydrogen-bond acceptors (Lipinski definition) is 4. The van der Waals surface area contributed by atoms with E-state index < -0.39 is 10.0 Å². The highest BCUT2D eigenvalue weighted by Crippen LogP contribution is 2.41. The summed E-state index contributed by atoms with van der Waals surface area (Å²) in [6.07, 6.45) is 2.74. The van der Waals surface area contributed by atoms with E-state index in [9.17, 15) is 18.0 Å². The van der Waals surface area contributed by atoms with E-state index >= 15 is 0 Å². The largest absolute Gasteiger partial charge is 0.308 e. The molecular weight excluding hydrogens is 414 g/mol. The minimum Gasteiger partial charge on any atom is -0.308 e. The van der Waals surface area contributed by atoms with Crippen LogP contribution in [0.1, 0.15) is 33.1 Å². The number of sulfonamides is 1. The first-order chi connectivity index (χ1) is 14.7. The number of nitrogens with one attached hydrogen (secondary N) is 1. The van der Waals surface area contributed by atoms with Gasteiger partial charge in [0.2, 0.25) is 21.8 Å². The summed E-state index contributed by atoms with van der Waals surface area (Å²) < 4.78 is 26.3. The van der Waals surface area contributed by atoms with Crippen molar-refractivity contribution < 1.29 is 18.0 Å². The Hall–Kier alpha value is -2.71. The highest BCUT2D eigenvalue weighted by Gasteiger charge is 2.35. The van der Waals surface area contributed by atoms with E-state index in [1.165, 1.54) is 14.0 Å². The number of benzene rings is 2. The van der Waals surface area contributed by atoms with Crippen LogP contribution < -0.4 is 14.5 Å². The molecule has 164 valence electrons. The molecule has 0 radical (unpaired) electrons. The van der Waals surface area contributed by atoms with E-state index in [1.807, 2.05) is 25.1 Å². The van der Waals surface area contributed by atoms with Crippen molar-refractivity contribution >= 4 is 33.2 Å². The predicted molar refractivity (Wildman–Crippen MR) is 120 cm³/mol. The molecule has 2 amide bonds. The van der Waals surface area contributed by atoms with E-state index in [2.05, 4.69) is 4.72 Å². The monoisotopic (exact) mass is 441 g/mol. The van der Waals surface area contributed by atoms with Gasteiger partial charge in [0.05, 0.1) is 22.3 Å². The van der Waals surface area contributed by atoms with Gasteiger partial charge in [-0.15, -0.1) is 0 Å². The van der Waals surface area contributed by atoms with Crippen LogP contribution in [-0.4, -0.2) is 39.9 Å². The lowest BCUT2D eigenvalue weighted by atomic mass is 10.00. The maximum atomic E-state index is 13.0. The number of amides is 2. The fourth-order valence-corrected chi connectivity index (χ4v) is 4.87. The van der Waals surface area contributed by atoms with Crippen LogP contribution in [0, 0.1) is 5.92 Å². The molecule has 0 spiro atoms. The normalized spacial score (nSPS) is 18.6. The van der Waals surface area contributed by atoms with Crippen molar-refractivity contribution in [1.82, 2.24) is 4.72 Å². The number of anilines is 2. The Labute approximate surface area is 183 Å². The van der Waals surface area contributed by atoms with Crippen LogP contribution in [-0.2, 0) is 19.6 Å². The highest BCUT2D eigenvalue weighted by molar-refractivity contribution is 7.89. The summed E-state index contributed by atoms with van der Waals surface area (Å²) in [6.45, 7) is 3.95. The lowest BCUT2D eigenvalue weighted by molar-refractivity contribution is -0.120. The van der Waals surface area contributed by atoms with Crippen molar-refractivity contribution in [3.05, 3.63) is 42.5 Å². The first-order valence-electron chi connectivity index (χ1n) is 10.5. The molecule has 31 heavy (non-hydrogen) atoms. The molecule has 0 bridgehead atoms. The molecular formula is C23H27N3O4S. The quantitative estimate of drug-likeness (QED) is 0.772. The van der Waals surface area contributed by atoms with E-state index in [0.29, 0.717) is 18.9 Å². The summed E-state index contributed by atoms with van der Waals surface area (Å²) >= 11 is 0. The van der Waals surface area contributed by atoms with Gasteiger partial charge < -0.3 is 9.80 Å². The molecule has 2 aromatic rings. The van der Waals surface area contributed by atoms with Crippen molar-refractivity contribution in [2.45, 2.75) is 44.0 Å². The molecule has 0 unspecified atom stereocenters. The second kappa shape index (κ2) is 8.09. The third kappa shape index (κ3) is 4.22. The zero-order chi connectivity index (χ0) is 22.3. The minimum absolute atomic E-state index is 0.0579. The molecule has 1 saturated carbocycles. The van der Waals surface area contributed by atoms with Gasteiger partial charge in [0, 0.05) is 19.9 Å². The average Bonchev–Trinajstić information content (AvgIpc) is 3.56. The van der Waals surface area contributed by atoms with Crippen molar-refractivity contribution in [2.75, 3.05) is 23.4 Å². The number of carbonyl (C=O) groups excluding carboxylic acids is 2. The van der Waals surface area contributed by atoms with Gasteiger partial charge in [-0.05, 0) is 68.1 Å². The molecule has 1 heterocycles. The molecule has 2 aliphatic rings. The minimum atomic E-state index is -3.51. The van der Waals surface area contributed by atoms with Crippen molar-refractivity contribution in [3.63, 3.8) is 0 Å². The van der Waals surface area contributed by atoms with Crippen LogP contribution in [0.3, 0.4) is 0 Å². The lowest BCUT2D eigenvalue weighted by Crippen LogP contribution is -2.51. The van der Waals surface area contributed by atoms with Crippen LogP contribution >= 0.6 is 0 Å². The van der Waals surface area contributed by atoms with Crippen LogP contribution in [0.5, 0.6) is 0 Å². The van der Waals surface area contributed by atoms with E-state index in [-0.39, 0.29) is 22.8 Å². The van der Waals surface area contributed by atoms with Crippen molar-refractivity contribution in [2.24, 2.45) is 5.92 Å².